The molecule has 0 unspecified atom stereocenters. The molecule has 0 bridgehead atoms. The summed E-state index contributed by atoms with van der Waals surface area (Å²) in [6.45, 7) is 0. The van der Waals surface area contributed by atoms with Gasteiger partial charge in [0.15, 0.2) is 11.5 Å². The zero-order chi connectivity index (χ0) is 10.6. The number of hydrogen-bond acceptors (Lipinski definition) is 4. The second-order valence-corrected chi connectivity index (χ2v) is 2.48. The van der Waals surface area contributed by atoms with Gasteiger partial charge in [0.2, 0.25) is 0 Å². The molecular formula is C10H8N2O2. The molecule has 4 heteroatoms. The average molecular weight is 188 g/mol. The first-order chi connectivity index (χ1) is 6.76. The summed E-state index contributed by atoms with van der Waals surface area (Å²) in [6, 6.07) is 6.80. The maximum absolute atomic E-state index is 8.74. The number of rotatable bonds is 2. The second-order valence-electron chi connectivity index (χ2n) is 2.48. The van der Waals surface area contributed by atoms with Crippen molar-refractivity contribution in [3.8, 4) is 23.6 Å². The van der Waals surface area contributed by atoms with Gasteiger partial charge in [-0.1, -0.05) is 0 Å². The lowest BCUT2D eigenvalue weighted by Gasteiger charge is -2.07. The van der Waals surface area contributed by atoms with Gasteiger partial charge in [-0.2, -0.15) is 10.5 Å². The molecule has 4 nitrogen and oxygen atoms in total. The number of hydrogen-bond donors (Lipinski definition) is 0. The normalized spacial score (nSPS) is 8.57. The van der Waals surface area contributed by atoms with E-state index in [0.717, 1.165) is 0 Å². The van der Waals surface area contributed by atoms with Gasteiger partial charge in [-0.3, -0.25) is 0 Å². The summed E-state index contributed by atoms with van der Waals surface area (Å²) < 4.78 is 9.99. The van der Waals surface area contributed by atoms with E-state index in [1.807, 2.05) is 12.1 Å². The van der Waals surface area contributed by atoms with Crippen molar-refractivity contribution in [3.63, 3.8) is 0 Å². The maximum atomic E-state index is 8.74. The van der Waals surface area contributed by atoms with Crippen molar-refractivity contribution in [1.82, 2.24) is 0 Å². The van der Waals surface area contributed by atoms with E-state index in [9.17, 15) is 0 Å². The predicted molar refractivity (Wildman–Crippen MR) is 49.0 cm³/mol. The molecule has 0 radical (unpaired) electrons. The van der Waals surface area contributed by atoms with E-state index in [4.69, 9.17) is 20.0 Å². The van der Waals surface area contributed by atoms with E-state index in [1.165, 1.54) is 26.4 Å². The first-order valence-electron chi connectivity index (χ1n) is 3.83. The summed E-state index contributed by atoms with van der Waals surface area (Å²) in [7, 11) is 2.95. The fourth-order valence-corrected chi connectivity index (χ4v) is 1.06. The van der Waals surface area contributed by atoms with Crippen LogP contribution in [0.5, 0.6) is 11.5 Å². The van der Waals surface area contributed by atoms with Gasteiger partial charge in [-0.05, 0) is 0 Å². The molecular weight excluding hydrogens is 180 g/mol. The zero-order valence-electron chi connectivity index (χ0n) is 7.87. The Hall–Kier alpha value is -2.20. The molecule has 0 atom stereocenters. The van der Waals surface area contributed by atoms with Crippen molar-refractivity contribution in [3.05, 3.63) is 23.3 Å². The minimum absolute atomic E-state index is 0.283. The van der Waals surface area contributed by atoms with Gasteiger partial charge in [0.1, 0.15) is 12.1 Å². The molecule has 0 aromatic heterocycles. The molecule has 1 aromatic carbocycles. The molecule has 14 heavy (non-hydrogen) atoms. The fraction of sp³-hybridized carbons (Fsp3) is 0.200. The van der Waals surface area contributed by atoms with Crippen molar-refractivity contribution in [2.45, 2.75) is 0 Å². The fourth-order valence-electron chi connectivity index (χ4n) is 1.06. The molecule has 0 N–H and O–H groups in total. The highest BCUT2D eigenvalue weighted by atomic mass is 16.5. The molecule has 0 saturated heterocycles. The van der Waals surface area contributed by atoms with Gasteiger partial charge in [0, 0.05) is 12.1 Å². The highest BCUT2D eigenvalue weighted by Crippen LogP contribution is 2.29. The second kappa shape index (κ2) is 4.15. The summed E-state index contributed by atoms with van der Waals surface area (Å²) in [5.41, 5.74) is 0.565. The Balaban J connectivity index is 3.39. The molecule has 0 spiro atoms. The lowest BCUT2D eigenvalue weighted by Crippen LogP contribution is -1.93. The molecule has 0 aliphatic carbocycles. The van der Waals surface area contributed by atoms with Crippen molar-refractivity contribution in [1.29, 1.82) is 10.5 Å². The molecule has 0 amide bonds. The molecule has 1 aromatic rings. The monoisotopic (exact) mass is 188 g/mol. The first kappa shape index (κ1) is 9.88. The van der Waals surface area contributed by atoms with Crippen LogP contribution in [0.2, 0.25) is 0 Å². The summed E-state index contributed by atoms with van der Waals surface area (Å²) in [5.74, 6) is 0.895. The zero-order valence-corrected chi connectivity index (χ0v) is 7.87. The topological polar surface area (TPSA) is 66.0 Å². The standard InChI is InChI=1S/C10H8N2O2/c1-13-9-3-7(5-11)8(6-12)4-10(9)14-2/h3-4H,1-2H3. The van der Waals surface area contributed by atoms with Gasteiger partial charge in [-0.25, -0.2) is 0 Å². The number of ether oxygens (including phenoxy) is 2. The Labute approximate surface area is 81.9 Å². The van der Waals surface area contributed by atoms with E-state index in [-0.39, 0.29) is 11.1 Å². The number of methoxy groups -OCH3 is 2. The Morgan fingerprint density at radius 2 is 1.29 bits per heavy atom. The van der Waals surface area contributed by atoms with E-state index in [0.29, 0.717) is 11.5 Å². The van der Waals surface area contributed by atoms with Crippen LogP contribution in [-0.4, -0.2) is 14.2 Å². The van der Waals surface area contributed by atoms with Gasteiger partial charge in [-0.15, -0.1) is 0 Å². The van der Waals surface area contributed by atoms with Gasteiger partial charge >= 0.3 is 0 Å². The van der Waals surface area contributed by atoms with E-state index in [2.05, 4.69) is 0 Å². The van der Waals surface area contributed by atoms with Crippen LogP contribution >= 0.6 is 0 Å². The third-order valence-electron chi connectivity index (χ3n) is 1.76. The van der Waals surface area contributed by atoms with Crippen LogP contribution in [0.25, 0.3) is 0 Å². The smallest absolute Gasteiger partial charge is 0.162 e. The molecule has 0 saturated carbocycles. The average Bonchev–Trinajstić information content (AvgIpc) is 2.26. The first-order valence-corrected chi connectivity index (χ1v) is 3.83. The van der Waals surface area contributed by atoms with Gasteiger partial charge in [0.25, 0.3) is 0 Å². The lowest BCUT2D eigenvalue weighted by molar-refractivity contribution is 0.354. The molecule has 0 fully saturated rings. The third-order valence-corrected chi connectivity index (χ3v) is 1.76. The Morgan fingerprint density at radius 3 is 1.50 bits per heavy atom. The number of nitriles is 2. The highest BCUT2D eigenvalue weighted by molar-refractivity contribution is 5.55. The van der Waals surface area contributed by atoms with Crippen LogP contribution in [0, 0.1) is 22.7 Å². The minimum atomic E-state index is 0.283. The molecule has 1 rings (SSSR count). The summed E-state index contributed by atoms with van der Waals surface area (Å²) in [5, 5.41) is 17.5. The SMILES string of the molecule is COc1cc(C#N)c(C#N)cc1OC. The highest BCUT2D eigenvalue weighted by Gasteiger charge is 2.09. The molecule has 0 aliphatic rings. The quantitative estimate of drug-likeness (QED) is 0.704. The largest absolute Gasteiger partial charge is 0.493 e. The van der Waals surface area contributed by atoms with Crippen molar-refractivity contribution >= 4 is 0 Å². The Bertz CT molecular complexity index is 386. The summed E-state index contributed by atoms with van der Waals surface area (Å²) in [4.78, 5) is 0. The van der Waals surface area contributed by atoms with Gasteiger partial charge in [0.05, 0.1) is 25.3 Å². The minimum Gasteiger partial charge on any atom is -0.493 e. The predicted octanol–water partition coefficient (Wildman–Crippen LogP) is 1.45. The van der Waals surface area contributed by atoms with Crippen molar-refractivity contribution in [2.24, 2.45) is 0 Å². The summed E-state index contributed by atoms with van der Waals surface area (Å²) >= 11 is 0. The van der Waals surface area contributed by atoms with Crippen molar-refractivity contribution in [2.75, 3.05) is 14.2 Å². The van der Waals surface area contributed by atoms with Crippen LogP contribution in [0.3, 0.4) is 0 Å². The number of benzene rings is 1. The van der Waals surface area contributed by atoms with Crippen molar-refractivity contribution < 1.29 is 9.47 Å². The third kappa shape index (κ3) is 1.60. The van der Waals surface area contributed by atoms with Crippen LogP contribution in [0.15, 0.2) is 12.1 Å². The summed E-state index contributed by atoms with van der Waals surface area (Å²) in [6.07, 6.45) is 0. The molecule has 0 aliphatic heterocycles. The van der Waals surface area contributed by atoms with Crippen LogP contribution in [0.1, 0.15) is 11.1 Å². The maximum Gasteiger partial charge on any atom is 0.162 e. The van der Waals surface area contributed by atoms with E-state index in [1.54, 1.807) is 0 Å². The van der Waals surface area contributed by atoms with Crippen LogP contribution < -0.4 is 9.47 Å². The number of nitrogens with zero attached hydrogens (tertiary/aromatic N) is 2. The molecule has 0 heterocycles. The van der Waals surface area contributed by atoms with E-state index < -0.39 is 0 Å². The van der Waals surface area contributed by atoms with Crippen LogP contribution in [0.4, 0.5) is 0 Å². The van der Waals surface area contributed by atoms with Crippen LogP contribution in [-0.2, 0) is 0 Å². The molecule has 70 valence electrons. The Morgan fingerprint density at radius 1 is 0.929 bits per heavy atom. The van der Waals surface area contributed by atoms with E-state index >= 15 is 0 Å². The Kier molecular flexibility index (Phi) is 2.93. The van der Waals surface area contributed by atoms with Gasteiger partial charge < -0.3 is 9.47 Å². The lowest BCUT2D eigenvalue weighted by atomic mass is 10.1.